The van der Waals surface area contributed by atoms with Crippen LogP contribution in [0.4, 0.5) is 0 Å². The number of aryl methyl sites for hydroxylation is 1. The van der Waals surface area contributed by atoms with Crippen LogP contribution in [0.25, 0.3) is 6.08 Å². The molecule has 0 radical (unpaired) electrons. The minimum absolute atomic E-state index is 0.0140. The van der Waals surface area contributed by atoms with Crippen molar-refractivity contribution in [2.45, 2.75) is 13.8 Å². The molecular weight excluding hydrogens is 238 g/mol. The van der Waals surface area contributed by atoms with E-state index in [0.717, 1.165) is 0 Å². The monoisotopic (exact) mass is 251 g/mol. The fraction of sp³-hybridized carbons (Fsp3) is 0.250. The summed E-state index contributed by atoms with van der Waals surface area (Å²) in [5.74, 6) is -0.873. The Morgan fingerprint density at radius 2 is 2.11 bits per heavy atom. The van der Waals surface area contributed by atoms with Crippen LogP contribution in [0.1, 0.15) is 28.4 Å². The first-order valence-corrected chi connectivity index (χ1v) is 5.11. The van der Waals surface area contributed by atoms with E-state index in [-0.39, 0.29) is 17.0 Å². The van der Waals surface area contributed by atoms with Gasteiger partial charge in [-0.1, -0.05) is 0 Å². The van der Waals surface area contributed by atoms with E-state index in [4.69, 9.17) is 9.84 Å². The van der Waals surface area contributed by atoms with Gasteiger partial charge in [0, 0.05) is 13.0 Å². The predicted molar refractivity (Wildman–Crippen MR) is 65.3 cm³/mol. The van der Waals surface area contributed by atoms with Crippen molar-refractivity contribution in [3.63, 3.8) is 0 Å². The molecule has 0 spiro atoms. The summed E-state index contributed by atoms with van der Waals surface area (Å²) in [6.07, 6.45) is 1.32. The van der Waals surface area contributed by atoms with E-state index in [0.29, 0.717) is 11.1 Å². The van der Waals surface area contributed by atoms with E-state index in [1.54, 1.807) is 13.0 Å². The van der Waals surface area contributed by atoms with Crippen molar-refractivity contribution in [2.75, 3.05) is 7.11 Å². The molecule has 0 bridgehead atoms. The van der Waals surface area contributed by atoms with Crippen molar-refractivity contribution >= 4 is 12.0 Å². The SMILES string of the molecule is COc1c(C)cc(C=C(C)[N+](=O)[O-])cc1C(=O)O. The maximum absolute atomic E-state index is 11.1. The number of nitrogens with zero attached hydrogens (tertiary/aromatic N) is 1. The third kappa shape index (κ3) is 2.85. The fourth-order valence-electron chi connectivity index (χ4n) is 1.61. The second kappa shape index (κ2) is 5.31. The number of allylic oxidation sites excluding steroid dienone is 1. The van der Waals surface area contributed by atoms with Crippen molar-refractivity contribution in [3.05, 3.63) is 44.6 Å². The van der Waals surface area contributed by atoms with E-state index >= 15 is 0 Å². The van der Waals surface area contributed by atoms with Gasteiger partial charge in [0.25, 0.3) is 0 Å². The molecule has 18 heavy (non-hydrogen) atoms. The number of ether oxygens (including phenoxy) is 1. The van der Waals surface area contributed by atoms with Crippen molar-refractivity contribution in [2.24, 2.45) is 0 Å². The number of carboxylic acids is 1. The Bertz CT molecular complexity index is 534. The van der Waals surface area contributed by atoms with Crippen molar-refractivity contribution in [1.29, 1.82) is 0 Å². The van der Waals surface area contributed by atoms with E-state index in [9.17, 15) is 14.9 Å². The Labute approximate surface area is 104 Å². The fourth-order valence-corrected chi connectivity index (χ4v) is 1.61. The Morgan fingerprint density at radius 3 is 2.56 bits per heavy atom. The average Bonchev–Trinajstić information content (AvgIpc) is 2.27. The molecule has 0 fully saturated rings. The highest BCUT2D eigenvalue weighted by atomic mass is 16.6. The lowest BCUT2D eigenvalue weighted by molar-refractivity contribution is -0.422. The Kier molecular flexibility index (Phi) is 4.04. The zero-order valence-corrected chi connectivity index (χ0v) is 10.3. The molecular formula is C12H13NO5. The molecule has 1 rings (SSSR count). The van der Waals surface area contributed by atoms with E-state index in [1.807, 2.05) is 0 Å². The summed E-state index contributed by atoms with van der Waals surface area (Å²) < 4.78 is 5.01. The highest BCUT2D eigenvalue weighted by Crippen LogP contribution is 2.26. The zero-order chi connectivity index (χ0) is 13.9. The van der Waals surface area contributed by atoms with Gasteiger partial charge in [-0.05, 0) is 30.2 Å². The number of nitro groups is 1. The normalized spacial score (nSPS) is 11.2. The van der Waals surface area contributed by atoms with Gasteiger partial charge >= 0.3 is 5.97 Å². The van der Waals surface area contributed by atoms with Crippen LogP contribution in [-0.2, 0) is 0 Å². The highest BCUT2D eigenvalue weighted by molar-refractivity contribution is 5.92. The molecule has 0 heterocycles. The molecule has 0 aliphatic rings. The standard InChI is InChI=1S/C12H13NO5/c1-7-4-9(5-8(2)13(16)17)6-10(12(14)15)11(7)18-3/h4-6H,1-3H3,(H,14,15). The molecule has 0 aliphatic heterocycles. The summed E-state index contributed by atoms with van der Waals surface area (Å²) >= 11 is 0. The molecule has 0 atom stereocenters. The minimum atomic E-state index is -1.14. The van der Waals surface area contributed by atoms with Gasteiger partial charge < -0.3 is 9.84 Å². The van der Waals surface area contributed by atoms with Gasteiger partial charge in [-0.25, -0.2) is 4.79 Å². The summed E-state index contributed by atoms with van der Waals surface area (Å²) in [5.41, 5.74) is 0.996. The van der Waals surface area contributed by atoms with Crippen LogP contribution in [-0.4, -0.2) is 23.1 Å². The minimum Gasteiger partial charge on any atom is -0.496 e. The highest BCUT2D eigenvalue weighted by Gasteiger charge is 2.15. The Balaban J connectivity index is 3.38. The average molecular weight is 251 g/mol. The zero-order valence-electron chi connectivity index (χ0n) is 10.3. The summed E-state index contributed by atoms with van der Waals surface area (Å²) in [4.78, 5) is 21.1. The van der Waals surface area contributed by atoms with E-state index in [2.05, 4.69) is 0 Å². The van der Waals surface area contributed by atoms with E-state index in [1.165, 1.54) is 26.2 Å². The topological polar surface area (TPSA) is 89.7 Å². The number of hydrogen-bond acceptors (Lipinski definition) is 4. The number of aromatic carboxylic acids is 1. The second-order valence-electron chi connectivity index (χ2n) is 3.77. The third-order valence-electron chi connectivity index (χ3n) is 2.40. The maximum Gasteiger partial charge on any atom is 0.339 e. The molecule has 1 N–H and O–H groups in total. The number of benzene rings is 1. The second-order valence-corrected chi connectivity index (χ2v) is 3.77. The van der Waals surface area contributed by atoms with Gasteiger partial charge in [0.2, 0.25) is 5.70 Å². The third-order valence-corrected chi connectivity index (χ3v) is 2.40. The van der Waals surface area contributed by atoms with E-state index < -0.39 is 10.9 Å². The van der Waals surface area contributed by atoms with Gasteiger partial charge in [-0.3, -0.25) is 10.1 Å². The molecule has 0 aromatic heterocycles. The van der Waals surface area contributed by atoms with Gasteiger partial charge in [0.05, 0.1) is 12.0 Å². The molecule has 0 amide bonds. The lowest BCUT2D eigenvalue weighted by Crippen LogP contribution is -2.03. The van der Waals surface area contributed by atoms with Gasteiger partial charge in [0.1, 0.15) is 11.3 Å². The largest absolute Gasteiger partial charge is 0.496 e. The summed E-state index contributed by atoms with van der Waals surface area (Å²) in [6.45, 7) is 3.03. The molecule has 0 aliphatic carbocycles. The molecule has 1 aromatic carbocycles. The predicted octanol–water partition coefficient (Wildman–Crippen LogP) is 2.34. The number of carbonyl (C=O) groups is 1. The van der Waals surface area contributed by atoms with Crippen LogP contribution in [0.5, 0.6) is 5.75 Å². The van der Waals surface area contributed by atoms with Gasteiger partial charge in [0.15, 0.2) is 0 Å². The van der Waals surface area contributed by atoms with Crippen LogP contribution in [0.3, 0.4) is 0 Å². The molecule has 0 saturated carbocycles. The number of hydrogen-bond donors (Lipinski definition) is 1. The Morgan fingerprint density at radius 1 is 1.50 bits per heavy atom. The van der Waals surface area contributed by atoms with Crippen molar-refractivity contribution in [1.82, 2.24) is 0 Å². The van der Waals surface area contributed by atoms with Crippen LogP contribution in [0, 0.1) is 17.0 Å². The summed E-state index contributed by atoms with van der Waals surface area (Å²) in [7, 11) is 1.38. The van der Waals surface area contributed by atoms with Crippen LogP contribution < -0.4 is 4.74 Å². The van der Waals surface area contributed by atoms with Crippen molar-refractivity contribution in [3.8, 4) is 5.75 Å². The maximum atomic E-state index is 11.1. The number of rotatable bonds is 4. The smallest absolute Gasteiger partial charge is 0.339 e. The van der Waals surface area contributed by atoms with Gasteiger partial charge in [-0.2, -0.15) is 0 Å². The molecule has 6 heteroatoms. The lowest BCUT2D eigenvalue weighted by Gasteiger charge is -2.09. The first kappa shape index (κ1) is 13.7. The van der Waals surface area contributed by atoms with Gasteiger partial charge in [-0.15, -0.1) is 0 Å². The molecule has 0 saturated heterocycles. The number of methoxy groups -OCH3 is 1. The van der Waals surface area contributed by atoms with Crippen LogP contribution in [0.15, 0.2) is 17.8 Å². The van der Waals surface area contributed by atoms with Crippen LogP contribution in [0.2, 0.25) is 0 Å². The lowest BCUT2D eigenvalue weighted by atomic mass is 10.0. The quantitative estimate of drug-likeness (QED) is 0.655. The summed E-state index contributed by atoms with van der Waals surface area (Å²) in [5, 5.41) is 19.6. The Hall–Kier alpha value is -2.37. The number of carboxylic acid groups (broad SMARTS) is 1. The molecule has 1 aromatic rings. The van der Waals surface area contributed by atoms with Crippen LogP contribution >= 0.6 is 0 Å². The first-order chi connectivity index (χ1) is 8.36. The van der Waals surface area contributed by atoms with Crippen molar-refractivity contribution < 1.29 is 19.6 Å². The summed E-state index contributed by atoms with van der Waals surface area (Å²) in [6, 6.07) is 2.99. The molecule has 6 nitrogen and oxygen atoms in total. The molecule has 96 valence electrons. The first-order valence-electron chi connectivity index (χ1n) is 5.11. The molecule has 0 unspecified atom stereocenters.